The van der Waals surface area contributed by atoms with Gasteiger partial charge in [0, 0.05) is 5.92 Å². The quantitative estimate of drug-likeness (QED) is 0.595. The Morgan fingerprint density at radius 1 is 1.60 bits per heavy atom. The lowest BCUT2D eigenvalue weighted by atomic mass is 10.0. The van der Waals surface area contributed by atoms with E-state index in [0.717, 1.165) is 6.42 Å². The Labute approximate surface area is 62.8 Å². The highest BCUT2D eigenvalue weighted by molar-refractivity contribution is 5.17. The van der Waals surface area contributed by atoms with Crippen LogP contribution < -0.4 is 0 Å². The van der Waals surface area contributed by atoms with Crippen molar-refractivity contribution in [2.24, 2.45) is 5.92 Å². The number of aliphatic hydroxyl groups is 1. The van der Waals surface area contributed by atoms with Gasteiger partial charge < -0.3 is 5.11 Å². The number of hydrogen-bond acceptors (Lipinski definition) is 1. The molecule has 1 N–H and O–H groups in total. The maximum atomic E-state index is 9.36. The van der Waals surface area contributed by atoms with Crippen LogP contribution in [0, 0.1) is 5.92 Å². The van der Waals surface area contributed by atoms with Gasteiger partial charge in [-0.25, -0.2) is 0 Å². The molecular weight excluding hydrogens is 124 g/mol. The van der Waals surface area contributed by atoms with Gasteiger partial charge in [0.05, 0.1) is 6.10 Å². The van der Waals surface area contributed by atoms with Gasteiger partial charge in [-0.1, -0.05) is 25.5 Å². The molecule has 0 amide bonds. The van der Waals surface area contributed by atoms with Crippen molar-refractivity contribution >= 4 is 0 Å². The summed E-state index contributed by atoms with van der Waals surface area (Å²) in [6, 6.07) is 0. The molecule has 0 bridgehead atoms. The number of allylic oxidation sites excluding steroid dienone is 1. The molecule has 1 heteroatoms. The van der Waals surface area contributed by atoms with Crippen LogP contribution in [0.25, 0.3) is 0 Å². The van der Waals surface area contributed by atoms with Gasteiger partial charge in [-0.2, -0.15) is 0 Å². The SMILES string of the molecule is CC[C@@H](O)[C@H](C)C=C1CC1. The fourth-order valence-corrected chi connectivity index (χ4v) is 1.09. The molecule has 1 rings (SSSR count). The maximum Gasteiger partial charge on any atom is 0.0597 e. The van der Waals surface area contributed by atoms with Crippen molar-refractivity contribution in [1.82, 2.24) is 0 Å². The summed E-state index contributed by atoms with van der Waals surface area (Å²) in [5, 5.41) is 9.36. The Balaban J connectivity index is 2.32. The molecule has 0 aromatic carbocycles. The van der Waals surface area contributed by atoms with E-state index in [1.165, 1.54) is 18.4 Å². The molecule has 0 aromatic heterocycles. The first kappa shape index (κ1) is 7.80. The molecule has 1 nitrogen and oxygen atoms in total. The molecular formula is C9H16O. The highest BCUT2D eigenvalue weighted by Crippen LogP contribution is 2.29. The van der Waals surface area contributed by atoms with Crippen LogP contribution >= 0.6 is 0 Å². The first-order valence-electron chi connectivity index (χ1n) is 4.11. The zero-order valence-electron chi connectivity index (χ0n) is 6.80. The molecule has 1 aliphatic carbocycles. The summed E-state index contributed by atoms with van der Waals surface area (Å²) < 4.78 is 0. The fraction of sp³-hybridized carbons (Fsp3) is 0.778. The van der Waals surface area contributed by atoms with Crippen LogP contribution in [-0.2, 0) is 0 Å². The lowest BCUT2D eigenvalue weighted by molar-refractivity contribution is 0.133. The Hall–Kier alpha value is -0.300. The molecule has 10 heavy (non-hydrogen) atoms. The number of aliphatic hydroxyl groups excluding tert-OH is 1. The fourth-order valence-electron chi connectivity index (χ4n) is 1.09. The second kappa shape index (κ2) is 3.20. The van der Waals surface area contributed by atoms with Gasteiger partial charge in [0.25, 0.3) is 0 Å². The zero-order valence-corrected chi connectivity index (χ0v) is 6.80. The Morgan fingerprint density at radius 3 is 2.60 bits per heavy atom. The second-order valence-electron chi connectivity index (χ2n) is 3.16. The van der Waals surface area contributed by atoms with E-state index >= 15 is 0 Å². The van der Waals surface area contributed by atoms with Gasteiger partial charge in [-0.15, -0.1) is 0 Å². The van der Waals surface area contributed by atoms with Crippen LogP contribution in [0.15, 0.2) is 11.6 Å². The molecule has 0 saturated heterocycles. The van der Waals surface area contributed by atoms with E-state index in [1.54, 1.807) is 0 Å². The molecule has 0 aromatic rings. The monoisotopic (exact) mass is 140 g/mol. The number of hydrogen-bond donors (Lipinski definition) is 1. The molecule has 58 valence electrons. The smallest absolute Gasteiger partial charge is 0.0597 e. The predicted molar refractivity (Wildman–Crippen MR) is 42.8 cm³/mol. The molecule has 1 fully saturated rings. The minimum atomic E-state index is -0.131. The molecule has 0 unspecified atom stereocenters. The maximum absolute atomic E-state index is 9.36. The molecule has 2 atom stereocenters. The Kier molecular flexibility index (Phi) is 2.50. The first-order valence-corrected chi connectivity index (χ1v) is 4.11. The topological polar surface area (TPSA) is 20.2 Å². The highest BCUT2D eigenvalue weighted by Gasteiger charge is 2.15. The molecule has 0 spiro atoms. The highest BCUT2D eigenvalue weighted by atomic mass is 16.3. The van der Waals surface area contributed by atoms with Crippen LogP contribution in [0.1, 0.15) is 33.1 Å². The second-order valence-corrected chi connectivity index (χ2v) is 3.16. The van der Waals surface area contributed by atoms with Crippen LogP contribution in [-0.4, -0.2) is 11.2 Å². The summed E-state index contributed by atoms with van der Waals surface area (Å²) >= 11 is 0. The van der Waals surface area contributed by atoms with E-state index in [2.05, 4.69) is 13.0 Å². The van der Waals surface area contributed by atoms with E-state index in [0.29, 0.717) is 5.92 Å². The third kappa shape index (κ3) is 2.14. The summed E-state index contributed by atoms with van der Waals surface area (Å²) in [5.41, 5.74) is 1.53. The minimum absolute atomic E-state index is 0.131. The summed E-state index contributed by atoms with van der Waals surface area (Å²) in [4.78, 5) is 0. The Bertz CT molecular complexity index is 132. The van der Waals surface area contributed by atoms with Gasteiger partial charge in [0.2, 0.25) is 0 Å². The van der Waals surface area contributed by atoms with Crippen LogP contribution in [0.5, 0.6) is 0 Å². The summed E-state index contributed by atoms with van der Waals surface area (Å²) in [6.07, 6.45) is 5.48. The third-order valence-electron chi connectivity index (χ3n) is 2.06. The van der Waals surface area contributed by atoms with Crippen LogP contribution in [0.4, 0.5) is 0 Å². The average Bonchev–Trinajstić information content (AvgIpc) is 2.70. The van der Waals surface area contributed by atoms with E-state index in [9.17, 15) is 5.11 Å². The first-order chi connectivity index (χ1) is 4.74. The largest absolute Gasteiger partial charge is 0.393 e. The predicted octanol–water partition coefficient (Wildman–Crippen LogP) is 2.11. The summed E-state index contributed by atoms with van der Waals surface area (Å²) in [5.74, 6) is 0.363. The van der Waals surface area contributed by atoms with Gasteiger partial charge in [-0.3, -0.25) is 0 Å². The van der Waals surface area contributed by atoms with Crippen molar-refractivity contribution in [1.29, 1.82) is 0 Å². The summed E-state index contributed by atoms with van der Waals surface area (Å²) in [7, 11) is 0. The molecule has 0 aliphatic heterocycles. The van der Waals surface area contributed by atoms with E-state index < -0.39 is 0 Å². The molecule has 0 radical (unpaired) electrons. The van der Waals surface area contributed by atoms with Crippen molar-refractivity contribution in [2.45, 2.75) is 39.2 Å². The van der Waals surface area contributed by atoms with Crippen molar-refractivity contribution in [2.75, 3.05) is 0 Å². The minimum Gasteiger partial charge on any atom is -0.393 e. The van der Waals surface area contributed by atoms with Crippen LogP contribution in [0.2, 0.25) is 0 Å². The third-order valence-corrected chi connectivity index (χ3v) is 2.06. The van der Waals surface area contributed by atoms with Gasteiger partial charge >= 0.3 is 0 Å². The molecule has 0 heterocycles. The average molecular weight is 140 g/mol. The van der Waals surface area contributed by atoms with Crippen LogP contribution in [0.3, 0.4) is 0 Å². The lowest BCUT2D eigenvalue weighted by Gasteiger charge is -2.11. The lowest BCUT2D eigenvalue weighted by Crippen LogP contribution is -2.13. The van der Waals surface area contributed by atoms with E-state index in [-0.39, 0.29) is 6.10 Å². The van der Waals surface area contributed by atoms with E-state index in [1.807, 2.05) is 6.92 Å². The van der Waals surface area contributed by atoms with Crippen molar-refractivity contribution < 1.29 is 5.11 Å². The van der Waals surface area contributed by atoms with Crippen molar-refractivity contribution in [3.63, 3.8) is 0 Å². The number of rotatable bonds is 3. The zero-order chi connectivity index (χ0) is 7.56. The summed E-state index contributed by atoms with van der Waals surface area (Å²) in [6.45, 7) is 4.10. The van der Waals surface area contributed by atoms with Crippen molar-refractivity contribution in [3.8, 4) is 0 Å². The van der Waals surface area contributed by atoms with Gasteiger partial charge in [0.15, 0.2) is 0 Å². The Morgan fingerprint density at radius 2 is 2.20 bits per heavy atom. The van der Waals surface area contributed by atoms with E-state index in [4.69, 9.17) is 0 Å². The standard InChI is InChI=1S/C9H16O/c1-3-9(10)7(2)6-8-4-5-8/h6-7,9-10H,3-5H2,1-2H3/t7-,9-/m1/s1. The normalized spacial score (nSPS) is 22.1. The molecule has 1 aliphatic rings. The van der Waals surface area contributed by atoms with Gasteiger partial charge in [-0.05, 0) is 19.3 Å². The molecule has 1 saturated carbocycles. The van der Waals surface area contributed by atoms with Gasteiger partial charge in [0.1, 0.15) is 0 Å². The van der Waals surface area contributed by atoms with Crippen molar-refractivity contribution in [3.05, 3.63) is 11.6 Å².